The molecule has 1 aliphatic rings. The van der Waals surface area contributed by atoms with Crippen molar-refractivity contribution in [3.8, 4) is 34.4 Å². The summed E-state index contributed by atoms with van der Waals surface area (Å²) in [6.45, 7) is 2.54. The molecule has 0 bridgehead atoms. The lowest BCUT2D eigenvalue weighted by Gasteiger charge is -2.32. The second-order valence-corrected chi connectivity index (χ2v) is 11.4. The Morgan fingerprint density at radius 3 is 2.52 bits per heavy atom. The number of nitrogens with one attached hydrogen (secondary N) is 1. The van der Waals surface area contributed by atoms with E-state index in [4.69, 9.17) is 21.0 Å². The number of nitrogens with two attached hydrogens (primary N) is 1. The highest BCUT2D eigenvalue weighted by Gasteiger charge is 2.22. The van der Waals surface area contributed by atoms with Crippen LogP contribution in [-0.4, -0.2) is 54.4 Å². The average molecular weight is 606 g/mol. The molecule has 7 rings (SSSR count). The van der Waals surface area contributed by atoms with Crippen molar-refractivity contribution in [2.45, 2.75) is 25.4 Å². The highest BCUT2D eigenvalue weighted by atomic mass is 16.1. The van der Waals surface area contributed by atoms with Gasteiger partial charge in [-0.1, -0.05) is 42.5 Å². The molecule has 6 aromatic rings. The minimum absolute atomic E-state index is 0.0815. The quantitative estimate of drug-likeness (QED) is 0.247. The van der Waals surface area contributed by atoms with Crippen molar-refractivity contribution in [2.75, 3.05) is 18.8 Å². The maximum atomic E-state index is 12.7. The highest BCUT2D eigenvalue weighted by Crippen LogP contribution is 2.32. The lowest BCUT2D eigenvalue weighted by atomic mass is 10.0. The molecule has 0 radical (unpaired) electrons. The Morgan fingerprint density at radius 1 is 0.957 bits per heavy atom. The molecule has 2 aromatic carbocycles. The second-order valence-electron chi connectivity index (χ2n) is 11.4. The van der Waals surface area contributed by atoms with E-state index in [0.717, 1.165) is 66.1 Å². The largest absolute Gasteiger partial charge is 0.383 e. The van der Waals surface area contributed by atoms with Crippen molar-refractivity contribution in [3.63, 3.8) is 0 Å². The molecule has 3 N–H and O–H groups in total. The number of rotatable bonds is 7. The van der Waals surface area contributed by atoms with E-state index in [1.807, 2.05) is 60.7 Å². The normalized spacial score (nSPS) is 13.8. The number of hydrogen-bond donors (Lipinski definition) is 2. The first-order valence-electron chi connectivity index (χ1n) is 15.2. The Morgan fingerprint density at radius 2 is 1.76 bits per heavy atom. The third-order valence-corrected chi connectivity index (χ3v) is 8.31. The highest BCUT2D eigenvalue weighted by molar-refractivity contribution is 5.94. The van der Waals surface area contributed by atoms with E-state index >= 15 is 0 Å². The number of likely N-dealkylation sites (tertiary alicyclic amines) is 1. The summed E-state index contributed by atoms with van der Waals surface area (Å²) in [6.07, 6.45) is 6.32. The summed E-state index contributed by atoms with van der Waals surface area (Å²) in [5, 5.41) is 12.2. The maximum Gasteiger partial charge on any atom is 0.253 e. The fourth-order valence-electron chi connectivity index (χ4n) is 5.90. The van der Waals surface area contributed by atoms with Gasteiger partial charge >= 0.3 is 0 Å². The van der Waals surface area contributed by atoms with Gasteiger partial charge in [0.25, 0.3) is 5.91 Å². The number of piperidine rings is 1. The standard InChI is InChI=1S/C36H31N9O/c37-20-25-19-27(22-39-21-25)36(46)41-28-14-17-44(18-15-28)23-24-8-10-29(11-9-24)45-34(30-7-4-16-40-33(30)38)43-32-13-12-31(42-35(32)45)26-5-2-1-3-6-26/h1-13,16,19,21-22,28H,14-15,17-18,23H2,(H2,38,40)(H,41,46). The van der Waals surface area contributed by atoms with E-state index in [2.05, 4.69) is 49.0 Å². The number of carbonyl (C=O) groups is 1. The SMILES string of the molecule is N#Cc1cncc(C(=O)NC2CCN(Cc3ccc(-n4c(-c5cccnc5N)nc5ccc(-c6ccccc6)nc54)cc3)CC2)c1. The predicted molar refractivity (Wildman–Crippen MR) is 177 cm³/mol. The summed E-state index contributed by atoms with van der Waals surface area (Å²) in [6, 6.07) is 30.0. The van der Waals surface area contributed by atoms with Crippen LogP contribution in [0, 0.1) is 11.3 Å². The second kappa shape index (κ2) is 12.6. The summed E-state index contributed by atoms with van der Waals surface area (Å²) in [4.78, 5) is 33.4. The van der Waals surface area contributed by atoms with Gasteiger partial charge in [0.05, 0.1) is 22.4 Å². The first kappa shape index (κ1) is 28.8. The molecule has 5 heterocycles. The summed E-state index contributed by atoms with van der Waals surface area (Å²) in [5.41, 5.74) is 13.4. The Balaban J connectivity index is 1.09. The molecule has 0 unspecified atom stereocenters. The van der Waals surface area contributed by atoms with Gasteiger partial charge in [0.15, 0.2) is 11.5 Å². The molecule has 4 aromatic heterocycles. The third kappa shape index (κ3) is 5.92. The molecule has 1 fully saturated rings. The van der Waals surface area contributed by atoms with Gasteiger partial charge in [0.1, 0.15) is 17.4 Å². The molecule has 10 heteroatoms. The lowest BCUT2D eigenvalue weighted by molar-refractivity contribution is 0.0908. The molecular weight excluding hydrogens is 574 g/mol. The number of anilines is 1. The molecule has 10 nitrogen and oxygen atoms in total. The van der Waals surface area contributed by atoms with Crippen LogP contribution in [0.1, 0.15) is 34.3 Å². The molecule has 1 saturated heterocycles. The van der Waals surface area contributed by atoms with E-state index in [1.165, 1.54) is 18.0 Å². The Hall–Kier alpha value is -5.92. The molecule has 226 valence electrons. The minimum atomic E-state index is -0.191. The zero-order valence-electron chi connectivity index (χ0n) is 25.0. The van der Waals surface area contributed by atoms with Crippen molar-refractivity contribution in [3.05, 3.63) is 120 Å². The fourth-order valence-corrected chi connectivity index (χ4v) is 5.90. The van der Waals surface area contributed by atoms with E-state index in [9.17, 15) is 4.79 Å². The van der Waals surface area contributed by atoms with Crippen molar-refractivity contribution >= 4 is 22.9 Å². The molecule has 46 heavy (non-hydrogen) atoms. The van der Waals surface area contributed by atoms with Gasteiger partial charge in [0, 0.05) is 55.5 Å². The first-order chi connectivity index (χ1) is 22.6. The van der Waals surface area contributed by atoms with Crippen LogP contribution < -0.4 is 11.1 Å². The molecule has 0 aliphatic carbocycles. The molecule has 0 saturated carbocycles. The van der Waals surface area contributed by atoms with E-state index < -0.39 is 0 Å². The van der Waals surface area contributed by atoms with Crippen molar-refractivity contribution in [1.29, 1.82) is 5.26 Å². The van der Waals surface area contributed by atoms with Crippen LogP contribution in [0.25, 0.3) is 39.5 Å². The van der Waals surface area contributed by atoms with Crippen LogP contribution in [-0.2, 0) is 6.54 Å². The first-order valence-corrected chi connectivity index (χ1v) is 15.2. The number of carbonyl (C=O) groups excluding carboxylic acids is 1. The van der Waals surface area contributed by atoms with Gasteiger partial charge in [-0.3, -0.25) is 19.2 Å². The summed E-state index contributed by atoms with van der Waals surface area (Å²) >= 11 is 0. The average Bonchev–Trinajstić information content (AvgIpc) is 3.48. The monoisotopic (exact) mass is 605 g/mol. The smallest absolute Gasteiger partial charge is 0.253 e. The number of aromatic nitrogens is 5. The minimum Gasteiger partial charge on any atom is -0.383 e. The van der Waals surface area contributed by atoms with Gasteiger partial charge in [0.2, 0.25) is 0 Å². The van der Waals surface area contributed by atoms with E-state index in [1.54, 1.807) is 12.3 Å². The summed E-state index contributed by atoms with van der Waals surface area (Å²) < 4.78 is 2.05. The van der Waals surface area contributed by atoms with Crippen molar-refractivity contribution < 1.29 is 4.79 Å². The number of amides is 1. The van der Waals surface area contributed by atoms with Crippen LogP contribution in [0.2, 0.25) is 0 Å². The summed E-state index contributed by atoms with van der Waals surface area (Å²) in [5.74, 6) is 0.902. The zero-order chi connectivity index (χ0) is 31.5. The maximum absolute atomic E-state index is 12.7. The van der Waals surface area contributed by atoms with E-state index in [0.29, 0.717) is 22.8 Å². The number of pyridine rings is 3. The number of fused-ring (bicyclic) bond motifs is 1. The predicted octanol–water partition coefficient (Wildman–Crippen LogP) is 5.39. The third-order valence-electron chi connectivity index (χ3n) is 8.31. The molecule has 1 aliphatic heterocycles. The Bertz CT molecular complexity index is 2060. The number of hydrogen-bond acceptors (Lipinski definition) is 8. The van der Waals surface area contributed by atoms with E-state index in [-0.39, 0.29) is 11.9 Å². The van der Waals surface area contributed by atoms with Gasteiger partial charge in [-0.2, -0.15) is 5.26 Å². The lowest BCUT2D eigenvalue weighted by Crippen LogP contribution is -2.44. The molecular formula is C36H31N9O. The van der Waals surface area contributed by atoms with Gasteiger partial charge in [-0.15, -0.1) is 0 Å². The number of nitriles is 1. The van der Waals surface area contributed by atoms with Crippen LogP contribution in [0.5, 0.6) is 0 Å². The van der Waals surface area contributed by atoms with Gasteiger partial charge < -0.3 is 11.1 Å². The van der Waals surface area contributed by atoms with Crippen LogP contribution in [0.15, 0.2) is 104 Å². The van der Waals surface area contributed by atoms with Crippen molar-refractivity contribution in [2.24, 2.45) is 0 Å². The van der Waals surface area contributed by atoms with Gasteiger partial charge in [-0.25, -0.2) is 15.0 Å². The van der Waals surface area contributed by atoms with Gasteiger partial charge in [-0.05, 0) is 60.9 Å². The number of nitrogen functional groups attached to an aromatic ring is 1. The zero-order valence-corrected chi connectivity index (χ0v) is 25.0. The fraction of sp³-hybridized carbons (Fsp3) is 0.167. The number of nitrogens with zero attached hydrogens (tertiary/aromatic N) is 7. The topological polar surface area (TPSA) is 139 Å². The Kier molecular flexibility index (Phi) is 7.89. The molecule has 1 amide bonds. The van der Waals surface area contributed by atoms with Crippen LogP contribution in [0.4, 0.5) is 5.82 Å². The van der Waals surface area contributed by atoms with Crippen LogP contribution in [0.3, 0.4) is 0 Å². The number of benzene rings is 2. The van der Waals surface area contributed by atoms with Crippen LogP contribution >= 0.6 is 0 Å². The summed E-state index contributed by atoms with van der Waals surface area (Å²) in [7, 11) is 0. The molecule has 0 atom stereocenters. The Labute approximate surface area is 266 Å². The van der Waals surface area contributed by atoms with Crippen molar-refractivity contribution in [1.82, 2.24) is 34.7 Å². The number of imidazole rings is 1. The molecule has 0 spiro atoms.